The van der Waals surface area contributed by atoms with Crippen LogP contribution in [-0.4, -0.2) is 30.1 Å². The molecule has 0 fully saturated rings. The van der Waals surface area contributed by atoms with Gasteiger partial charge in [-0.3, -0.25) is 0 Å². The average molecular weight is 270 g/mol. The third-order valence-corrected chi connectivity index (χ3v) is 2.59. The van der Waals surface area contributed by atoms with Gasteiger partial charge in [-0.1, -0.05) is 11.3 Å². The molecule has 1 rings (SSSR count). The Labute approximate surface area is 108 Å². The second kappa shape index (κ2) is 6.75. The zero-order valence-corrected chi connectivity index (χ0v) is 11.0. The number of hydrogen-bond acceptors (Lipinski definition) is 7. The van der Waals surface area contributed by atoms with E-state index in [-0.39, 0.29) is 18.8 Å². The Bertz CT molecular complexity index is 447. The number of hydrogen-bond donors (Lipinski definition) is 1. The van der Waals surface area contributed by atoms with Gasteiger partial charge in [0.1, 0.15) is 5.57 Å². The number of esters is 2. The lowest BCUT2D eigenvalue weighted by Crippen LogP contribution is -2.18. The minimum Gasteiger partial charge on any atom is -0.462 e. The van der Waals surface area contributed by atoms with Gasteiger partial charge < -0.3 is 15.2 Å². The first kappa shape index (κ1) is 14.2. The Kier molecular flexibility index (Phi) is 5.31. The molecule has 0 atom stereocenters. The predicted molar refractivity (Wildman–Crippen MR) is 67.8 cm³/mol. The largest absolute Gasteiger partial charge is 0.462 e. The molecular weight excluding hydrogens is 256 g/mol. The lowest BCUT2D eigenvalue weighted by atomic mass is 10.2. The number of anilines is 1. The van der Waals surface area contributed by atoms with Gasteiger partial charge in [-0.15, -0.1) is 0 Å². The molecule has 0 aliphatic rings. The molecule has 7 heteroatoms. The Morgan fingerprint density at radius 3 is 2.28 bits per heavy atom. The van der Waals surface area contributed by atoms with E-state index in [4.69, 9.17) is 15.2 Å². The summed E-state index contributed by atoms with van der Waals surface area (Å²) in [7, 11) is 0. The fourth-order valence-electron chi connectivity index (χ4n) is 1.13. The van der Waals surface area contributed by atoms with Crippen LogP contribution in [0.25, 0.3) is 6.08 Å². The van der Waals surface area contributed by atoms with E-state index in [0.29, 0.717) is 10.0 Å². The van der Waals surface area contributed by atoms with Crippen molar-refractivity contribution < 1.29 is 19.1 Å². The number of rotatable bonds is 5. The molecule has 0 saturated carbocycles. The van der Waals surface area contributed by atoms with Gasteiger partial charge >= 0.3 is 11.9 Å². The van der Waals surface area contributed by atoms with Crippen LogP contribution in [0.4, 0.5) is 5.13 Å². The SMILES string of the molecule is CCOC(=O)C(=Cc1cnc(N)s1)C(=O)OCC. The van der Waals surface area contributed by atoms with Crippen LogP contribution in [-0.2, 0) is 19.1 Å². The van der Waals surface area contributed by atoms with E-state index >= 15 is 0 Å². The lowest BCUT2D eigenvalue weighted by Gasteiger charge is -2.05. The molecule has 0 radical (unpaired) electrons. The maximum Gasteiger partial charge on any atom is 0.345 e. The Balaban J connectivity index is 2.99. The van der Waals surface area contributed by atoms with Gasteiger partial charge in [-0.05, 0) is 19.9 Å². The summed E-state index contributed by atoms with van der Waals surface area (Å²) in [5.41, 5.74) is 5.31. The van der Waals surface area contributed by atoms with Crippen molar-refractivity contribution in [3.63, 3.8) is 0 Å². The lowest BCUT2D eigenvalue weighted by molar-refractivity contribution is -0.146. The third kappa shape index (κ3) is 3.85. The minimum absolute atomic E-state index is 0.164. The van der Waals surface area contributed by atoms with Crippen molar-refractivity contribution in [2.75, 3.05) is 18.9 Å². The molecule has 1 aromatic rings. The fourth-order valence-corrected chi connectivity index (χ4v) is 1.76. The third-order valence-electron chi connectivity index (χ3n) is 1.82. The standard InChI is InChI=1S/C11H14N2O4S/c1-3-16-9(14)8(10(15)17-4-2)5-7-6-13-11(12)18-7/h5-6H,3-4H2,1-2H3,(H2,12,13). The minimum atomic E-state index is -0.720. The molecule has 1 aromatic heterocycles. The predicted octanol–water partition coefficient (Wildman–Crippen LogP) is 1.23. The van der Waals surface area contributed by atoms with Gasteiger partial charge in [0.15, 0.2) is 5.13 Å². The number of ether oxygens (including phenoxy) is 2. The molecule has 1 heterocycles. The highest BCUT2D eigenvalue weighted by molar-refractivity contribution is 7.16. The zero-order chi connectivity index (χ0) is 13.5. The molecule has 0 amide bonds. The van der Waals surface area contributed by atoms with Crippen molar-refractivity contribution in [1.82, 2.24) is 4.98 Å². The highest BCUT2D eigenvalue weighted by Gasteiger charge is 2.21. The number of nitrogens with zero attached hydrogens (tertiary/aromatic N) is 1. The van der Waals surface area contributed by atoms with E-state index in [1.807, 2.05) is 0 Å². The molecule has 2 N–H and O–H groups in total. The van der Waals surface area contributed by atoms with Crippen molar-refractivity contribution >= 4 is 34.5 Å². The Morgan fingerprint density at radius 1 is 1.33 bits per heavy atom. The van der Waals surface area contributed by atoms with Crippen LogP contribution < -0.4 is 5.73 Å². The van der Waals surface area contributed by atoms with Crippen molar-refractivity contribution in [3.05, 3.63) is 16.6 Å². The summed E-state index contributed by atoms with van der Waals surface area (Å²) in [5.74, 6) is -1.44. The topological polar surface area (TPSA) is 91.5 Å². The van der Waals surface area contributed by atoms with Gasteiger partial charge in [-0.2, -0.15) is 0 Å². The number of carbonyl (C=O) groups is 2. The van der Waals surface area contributed by atoms with E-state index in [1.165, 1.54) is 12.3 Å². The highest BCUT2D eigenvalue weighted by Crippen LogP contribution is 2.18. The summed E-state index contributed by atoms with van der Waals surface area (Å²) < 4.78 is 9.59. The van der Waals surface area contributed by atoms with Crippen LogP contribution in [0.3, 0.4) is 0 Å². The quantitative estimate of drug-likeness (QED) is 0.374. The molecule has 0 aliphatic carbocycles. The summed E-state index contributed by atoms with van der Waals surface area (Å²) in [6.07, 6.45) is 2.84. The fraction of sp³-hybridized carbons (Fsp3) is 0.364. The summed E-state index contributed by atoms with van der Waals surface area (Å²) in [6, 6.07) is 0. The number of thiazole rings is 1. The van der Waals surface area contributed by atoms with Crippen molar-refractivity contribution in [2.45, 2.75) is 13.8 Å². The number of carbonyl (C=O) groups excluding carboxylic acids is 2. The number of nitrogen functional groups attached to an aromatic ring is 1. The van der Waals surface area contributed by atoms with Gasteiger partial charge in [0.25, 0.3) is 0 Å². The second-order valence-electron chi connectivity index (χ2n) is 3.10. The first-order chi connectivity index (χ1) is 8.58. The van der Waals surface area contributed by atoms with Crippen molar-refractivity contribution in [2.24, 2.45) is 0 Å². The number of nitrogens with two attached hydrogens (primary N) is 1. The van der Waals surface area contributed by atoms with E-state index in [1.54, 1.807) is 13.8 Å². The average Bonchev–Trinajstić information content (AvgIpc) is 2.72. The molecule has 6 nitrogen and oxygen atoms in total. The van der Waals surface area contributed by atoms with Crippen LogP contribution in [0.2, 0.25) is 0 Å². The summed E-state index contributed by atoms with van der Waals surface area (Å²) >= 11 is 1.16. The van der Waals surface area contributed by atoms with Crippen LogP contribution in [0.5, 0.6) is 0 Å². The van der Waals surface area contributed by atoms with Crippen LogP contribution in [0.15, 0.2) is 11.8 Å². The van der Waals surface area contributed by atoms with Gasteiger partial charge in [0.2, 0.25) is 0 Å². The maximum atomic E-state index is 11.6. The molecule has 0 bridgehead atoms. The zero-order valence-electron chi connectivity index (χ0n) is 10.1. The van der Waals surface area contributed by atoms with Crippen LogP contribution in [0, 0.1) is 0 Å². The number of aromatic nitrogens is 1. The first-order valence-corrected chi connectivity index (χ1v) is 6.17. The summed E-state index contributed by atoms with van der Waals surface area (Å²) in [6.45, 7) is 3.68. The monoisotopic (exact) mass is 270 g/mol. The Hall–Kier alpha value is -1.89. The molecule has 0 aliphatic heterocycles. The van der Waals surface area contributed by atoms with Crippen molar-refractivity contribution in [3.8, 4) is 0 Å². The Morgan fingerprint density at radius 2 is 1.89 bits per heavy atom. The van der Waals surface area contributed by atoms with E-state index in [0.717, 1.165) is 11.3 Å². The van der Waals surface area contributed by atoms with E-state index in [2.05, 4.69) is 4.98 Å². The van der Waals surface area contributed by atoms with E-state index in [9.17, 15) is 9.59 Å². The van der Waals surface area contributed by atoms with Crippen LogP contribution in [0.1, 0.15) is 18.7 Å². The van der Waals surface area contributed by atoms with Gasteiger partial charge in [0, 0.05) is 6.20 Å². The molecule has 98 valence electrons. The van der Waals surface area contributed by atoms with Crippen LogP contribution >= 0.6 is 11.3 Å². The van der Waals surface area contributed by atoms with Gasteiger partial charge in [-0.25, -0.2) is 14.6 Å². The normalized spacial score (nSPS) is 9.67. The molecular formula is C11H14N2O4S. The summed E-state index contributed by atoms with van der Waals surface area (Å²) in [5, 5.41) is 0.355. The molecule has 0 unspecified atom stereocenters. The first-order valence-electron chi connectivity index (χ1n) is 5.35. The van der Waals surface area contributed by atoms with Crippen molar-refractivity contribution in [1.29, 1.82) is 0 Å². The molecule has 0 aromatic carbocycles. The molecule has 0 spiro atoms. The highest BCUT2D eigenvalue weighted by atomic mass is 32.1. The molecule has 18 heavy (non-hydrogen) atoms. The van der Waals surface area contributed by atoms with E-state index < -0.39 is 11.9 Å². The van der Waals surface area contributed by atoms with Gasteiger partial charge in [0.05, 0.1) is 18.1 Å². The maximum absolute atomic E-state index is 11.6. The summed E-state index contributed by atoms with van der Waals surface area (Å²) in [4.78, 5) is 27.7. The molecule has 0 saturated heterocycles. The second-order valence-corrected chi connectivity index (χ2v) is 4.19. The smallest absolute Gasteiger partial charge is 0.345 e.